The van der Waals surface area contributed by atoms with Crippen LogP contribution in [0, 0.1) is 0 Å². The van der Waals surface area contributed by atoms with Crippen molar-refractivity contribution in [2.75, 3.05) is 17.9 Å². The van der Waals surface area contributed by atoms with Crippen molar-refractivity contribution in [2.45, 2.75) is 50.3 Å². The monoisotopic (exact) mass is 566 g/mol. The molecule has 4 aromatic rings. The van der Waals surface area contributed by atoms with E-state index in [9.17, 15) is 18.3 Å². The van der Waals surface area contributed by atoms with Crippen LogP contribution >= 0.6 is 0 Å². The van der Waals surface area contributed by atoms with Gasteiger partial charge < -0.3 is 24.5 Å². The number of β-amino-alcohol motifs (C(OH)–C–C–N with tert-alkyl or cyclic N) is 1. The van der Waals surface area contributed by atoms with Crippen molar-refractivity contribution in [3.8, 4) is 5.75 Å². The van der Waals surface area contributed by atoms with Gasteiger partial charge in [0, 0.05) is 30.4 Å². The molecule has 0 aliphatic heterocycles. The van der Waals surface area contributed by atoms with E-state index in [1.807, 2.05) is 18.4 Å². The molecule has 0 aliphatic rings. The summed E-state index contributed by atoms with van der Waals surface area (Å²) in [5.74, 6) is 0.376. The number of rotatable bonds is 12. The molecule has 0 unspecified atom stereocenters. The van der Waals surface area contributed by atoms with Gasteiger partial charge in [0.25, 0.3) is 10.0 Å². The van der Waals surface area contributed by atoms with Gasteiger partial charge in [0.2, 0.25) is 0 Å². The van der Waals surface area contributed by atoms with Crippen LogP contribution in [0.25, 0.3) is 11.0 Å². The van der Waals surface area contributed by atoms with E-state index in [1.165, 1.54) is 12.1 Å². The Bertz CT molecular complexity index is 1550. The summed E-state index contributed by atoms with van der Waals surface area (Å²) >= 11 is 0. The van der Waals surface area contributed by atoms with Crippen molar-refractivity contribution in [3.63, 3.8) is 0 Å². The molecule has 0 radical (unpaired) electrons. The van der Waals surface area contributed by atoms with Gasteiger partial charge in [0.15, 0.2) is 0 Å². The first-order chi connectivity index (χ1) is 19.1. The highest BCUT2D eigenvalue weighted by Crippen LogP contribution is 2.24. The third kappa shape index (κ3) is 7.59. The van der Waals surface area contributed by atoms with Crippen LogP contribution in [0.15, 0.2) is 84.0 Å². The van der Waals surface area contributed by atoms with Crippen LogP contribution in [0.2, 0.25) is 0 Å². The fraction of sp³-hybridized carbons (Fsp3) is 0.310. The van der Waals surface area contributed by atoms with Crippen LogP contribution in [0.4, 0.5) is 10.5 Å². The number of nitrogens with zero attached hydrogens (tertiary/aromatic N) is 2. The smallest absolute Gasteiger partial charge is 0.434 e. The lowest BCUT2D eigenvalue weighted by atomic mass is 9.99. The molecule has 0 fully saturated rings. The fourth-order valence-electron chi connectivity index (χ4n) is 4.12. The molecular weight excluding hydrogens is 532 g/mol. The lowest BCUT2D eigenvalue weighted by molar-refractivity contribution is 0.104. The van der Waals surface area contributed by atoms with Crippen molar-refractivity contribution in [1.82, 2.24) is 14.9 Å². The number of hydrogen-bond donors (Lipinski definition) is 3. The van der Waals surface area contributed by atoms with Crippen LogP contribution in [-0.4, -0.2) is 47.9 Å². The highest BCUT2D eigenvalue weighted by Gasteiger charge is 2.21. The van der Waals surface area contributed by atoms with Gasteiger partial charge in [-0.15, -0.1) is 0 Å². The molecule has 0 spiro atoms. The highest BCUT2D eigenvalue weighted by molar-refractivity contribution is 7.92. The molecule has 3 N–H and O–H groups in total. The number of aromatic nitrogens is 2. The molecule has 0 bridgehead atoms. The van der Waals surface area contributed by atoms with E-state index in [4.69, 9.17) is 9.47 Å². The van der Waals surface area contributed by atoms with Gasteiger partial charge in [-0.1, -0.05) is 30.3 Å². The molecule has 40 heavy (non-hydrogen) atoms. The third-order valence-corrected chi connectivity index (χ3v) is 7.78. The molecule has 1 aromatic heterocycles. The maximum atomic E-state index is 12.7. The van der Waals surface area contributed by atoms with E-state index in [1.54, 1.807) is 73.9 Å². The number of benzene rings is 3. The second-order valence-electron chi connectivity index (χ2n) is 9.95. The Morgan fingerprint density at radius 2 is 1.85 bits per heavy atom. The molecule has 0 amide bonds. The first-order valence-electron chi connectivity index (χ1n) is 13.0. The number of aliphatic hydroxyl groups excluding tert-OH is 1. The largest absolute Gasteiger partial charge is 0.513 e. The molecular formula is C29H34N4O6S. The lowest BCUT2D eigenvalue weighted by Gasteiger charge is -2.28. The zero-order valence-electron chi connectivity index (χ0n) is 22.7. The molecule has 212 valence electrons. The number of carbonyl (C=O) groups excluding carboxylic acids is 1. The number of hydrogen-bond acceptors (Lipinski definition) is 8. The van der Waals surface area contributed by atoms with Gasteiger partial charge in [-0.2, -0.15) is 0 Å². The quantitative estimate of drug-likeness (QED) is 0.164. The standard InChI is InChI=1S/C29H34N4O6S/c1-4-38-28(35)39-23-13-14-25-26(18-23)33(20-30-25)16-15-29(2,3)31-19-27(34)21-9-8-10-22(17-21)32-40(36,37)24-11-6-5-7-12-24/h5-14,17-18,20,27,31-32,34H,4,15-16,19H2,1-3H3/t27-/m0/s1. The summed E-state index contributed by atoms with van der Waals surface area (Å²) in [7, 11) is -3.73. The molecule has 10 nitrogen and oxygen atoms in total. The Morgan fingerprint density at radius 1 is 1.07 bits per heavy atom. The molecule has 11 heteroatoms. The molecule has 0 saturated heterocycles. The van der Waals surface area contributed by atoms with Gasteiger partial charge >= 0.3 is 6.16 Å². The number of anilines is 1. The number of ether oxygens (including phenoxy) is 2. The van der Waals surface area contributed by atoms with E-state index in [2.05, 4.69) is 15.0 Å². The fourth-order valence-corrected chi connectivity index (χ4v) is 5.19. The van der Waals surface area contributed by atoms with Crippen molar-refractivity contribution >= 4 is 32.9 Å². The summed E-state index contributed by atoms with van der Waals surface area (Å²) in [5.41, 5.74) is 2.22. The summed E-state index contributed by atoms with van der Waals surface area (Å²) in [5, 5.41) is 14.3. The average molecular weight is 567 g/mol. The predicted molar refractivity (Wildman–Crippen MR) is 153 cm³/mol. The van der Waals surface area contributed by atoms with Crippen molar-refractivity contribution < 1.29 is 27.8 Å². The summed E-state index contributed by atoms with van der Waals surface area (Å²) in [4.78, 5) is 16.3. The summed E-state index contributed by atoms with van der Waals surface area (Å²) < 4.78 is 39.9. The third-order valence-electron chi connectivity index (χ3n) is 6.38. The van der Waals surface area contributed by atoms with Gasteiger partial charge in [-0.3, -0.25) is 4.72 Å². The van der Waals surface area contributed by atoms with Crippen LogP contribution in [0.5, 0.6) is 5.75 Å². The Balaban J connectivity index is 1.35. The molecule has 1 atom stereocenters. The SMILES string of the molecule is CCOC(=O)Oc1ccc2ncn(CCC(C)(C)NC[C@H](O)c3cccc(NS(=O)(=O)c4ccccc4)c3)c2c1. The van der Waals surface area contributed by atoms with Crippen molar-refractivity contribution in [1.29, 1.82) is 0 Å². The van der Waals surface area contributed by atoms with Crippen LogP contribution < -0.4 is 14.8 Å². The van der Waals surface area contributed by atoms with Gasteiger partial charge in [-0.05, 0) is 69.2 Å². The normalized spacial score (nSPS) is 12.7. The maximum absolute atomic E-state index is 12.7. The minimum atomic E-state index is -3.73. The number of imidazole rings is 1. The van der Waals surface area contributed by atoms with E-state index >= 15 is 0 Å². The van der Waals surface area contributed by atoms with Crippen LogP contribution in [-0.2, 0) is 21.3 Å². The molecule has 1 heterocycles. The van der Waals surface area contributed by atoms with E-state index < -0.39 is 22.3 Å². The van der Waals surface area contributed by atoms with Crippen molar-refractivity contribution in [3.05, 3.63) is 84.7 Å². The minimum absolute atomic E-state index is 0.165. The van der Waals surface area contributed by atoms with Crippen molar-refractivity contribution in [2.24, 2.45) is 0 Å². The Hall–Kier alpha value is -3.93. The maximum Gasteiger partial charge on any atom is 0.513 e. The van der Waals surface area contributed by atoms with Crippen LogP contribution in [0.1, 0.15) is 38.9 Å². The van der Waals surface area contributed by atoms with E-state index in [0.29, 0.717) is 30.0 Å². The van der Waals surface area contributed by atoms with E-state index in [0.717, 1.165) is 11.0 Å². The molecule has 0 saturated carbocycles. The van der Waals surface area contributed by atoms with Gasteiger partial charge in [-0.25, -0.2) is 18.2 Å². The average Bonchev–Trinajstić information content (AvgIpc) is 3.33. The summed E-state index contributed by atoms with van der Waals surface area (Å²) in [6, 6.07) is 20.1. The number of aryl methyl sites for hydroxylation is 1. The Kier molecular flexibility index (Phi) is 9.08. The number of sulfonamides is 1. The zero-order chi connectivity index (χ0) is 28.8. The lowest BCUT2D eigenvalue weighted by Crippen LogP contribution is -2.42. The summed E-state index contributed by atoms with van der Waals surface area (Å²) in [6.45, 7) is 6.92. The topological polar surface area (TPSA) is 132 Å². The molecule has 4 rings (SSSR count). The molecule has 0 aliphatic carbocycles. The number of fused-ring (bicyclic) bond motifs is 1. The minimum Gasteiger partial charge on any atom is -0.434 e. The van der Waals surface area contributed by atoms with E-state index in [-0.39, 0.29) is 23.6 Å². The van der Waals surface area contributed by atoms with Crippen LogP contribution in [0.3, 0.4) is 0 Å². The zero-order valence-corrected chi connectivity index (χ0v) is 23.5. The highest BCUT2D eigenvalue weighted by atomic mass is 32.2. The first-order valence-corrected chi connectivity index (χ1v) is 14.4. The second-order valence-corrected chi connectivity index (χ2v) is 11.6. The first kappa shape index (κ1) is 29.1. The number of aliphatic hydroxyl groups is 1. The molecule has 3 aromatic carbocycles. The predicted octanol–water partition coefficient (Wildman–Crippen LogP) is 4.86. The number of nitrogens with one attached hydrogen (secondary N) is 2. The Labute approximate surface area is 234 Å². The Morgan fingerprint density at radius 3 is 2.60 bits per heavy atom. The second kappa shape index (κ2) is 12.5. The summed E-state index contributed by atoms with van der Waals surface area (Å²) in [6.07, 6.45) is 0.851. The van der Waals surface area contributed by atoms with Gasteiger partial charge in [0.05, 0.1) is 35.0 Å². The van der Waals surface area contributed by atoms with Gasteiger partial charge in [0.1, 0.15) is 5.75 Å². The number of carbonyl (C=O) groups is 1.